The molecule has 3 nitrogen and oxygen atoms in total. The van der Waals surface area contributed by atoms with Crippen molar-refractivity contribution in [3.8, 4) is 11.5 Å². The lowest BCUT2D eigenvalue weighted by atomic mass is 10.1. The van der Waals surface area contributed by atoms with Gasteiger partial charge in [0.1, 0.15) is 11.5 Å². The Bertz CT molecular complexity index is 372. The van der Waals surface area contributed by atoms with Gasteiger partial charge >= 0.3 is 5.97 Å². The maximum Gasteiger partial charge on any atom is 0.308 e. The highest BCUT2D eigenvalue weighted by Crippen LogP contribution is 2.26. The van der Waals surface area contributed by atoms with Crippen LogP contribution in [0, 0.1) is 0 Å². The average molecular weight is 236 g/mol. The third-order valence-electron chi connectivity index (χ3n) is 2.60. The van der Waals surface area contributed by atoms with Crippen molar-refractivity contribution in [2.75, 3.05) is 0 Å². The van der Waals surface area contributed by atoms with Gasteiger partial charge in [-0.25, -0.2) is 0 Å². The van der Waals surface area contributed by atoms with Crippen LogP contribution < -0.4 is 4.74 Å². The third kappa shape index (κ3) is 4.89. The van der Waals surface area contributed by atoms with E-state index in [4.69, 9.17) is 4.74 Å². The number of carbonyl (C=O) groups excluding carboxylic acids is 1. The smallest absolute Gasteiger partial charge is 0.308 e. The first kappa shape index (κ1) is 13.6. The van der Waals surface area contributed by atoms with Crippen LogP contribution in [-0.2, 0) is 11.2 Å². The monoisotopic (exact) mass is 236 g/mol. The van der Waals surface area contributed by atoms with Crippen LogP contribution in [0.1, 0.15) is 45.1 Å². The van der Waals surface area contributed by atoms with Crippen LogP contribution in [0.2, 0.25) is 0 Å². The lowest BCUT2D eigenvalue weighted by Gasteiger charge is -2.09. The van der Waals surface area contributed by atoms with Crippen LogP contribution in [0.5, 0.6) is 11.5 Å². The standard InChI is InChI=1S/C14H20O3/c1-3-4-5-6-7-12-8-9-13(16)10-14(12)17-11(2)15/h8-10,16H,3-7H2,1-2H3. The molecule has 94 valence electrons. The van der Waals surface area contributed by atoms with Crippen molar-refractivity contribution in [1.29, 1.82) is 0 Å². The highest BCUT2D eigenvalue weighted by atomic mass is 16.5. The number of aromatic hydroxyl groups is 1. The molecule has 0 saturated carbocycles. The fourth-order valence-electron chi connectivity index (χ4n) is 1.74. The average Bonchev–Trinajstić information content (AvgIpc) is 2.26. The van der Waals surface area contributed by atoms with E-state index >= 15 is 0 Å². The lowest BCUT2D eigenvalue weighted by molar-refractivity contribution is -0.131. The molecule has 0 aliphatic heterocycles. The van der Waals surface area contributed by atoms with Gasteiger partial charge in [0.25, 0.3) is 0 Å². The highest BCUT2D eigenvalue weighted by Gasteiger charge is 2.07. The van der Waals surface area contributed by atoms with Gasteiger partial charge in [-0.2, -0.15) is 0 Å². The Kier molecular flexibility index (Phi) is 5.53. The zero-order chi connectivity index (χ0) is 12.7. The summed E-state index contributed by atoms with van der Waals surface area (Å²) in [6.07, 6.45) is 5.56. The first-order valence-electron chi connectivity index (χ1n) is 6.13. The van der Waals surface area contributed by atoms with E-state index in [1.54, 1.807) is 6.07 Å². The molecule has 0 aliphatic carbocycles. The summed E-state index contributed by atoms with van der Waals surface area (Å²) >= 11 is 0. The first-order chi connectivity index (χ1) is 8.13. The highest BCUT2D eigenvalue weighted by molar-refractivity contribution is 5.70. The minimum Gasteiger partial charge on any atom is -0.508 e. The zero-order valence-electron chi connectivity index (χ0n) is 10.5. The SMILES string of the molecule is CCCCCCc1ccc(O)cc1OC(C)=O. The Balaban J connectivity index is 2.65. The molecule has 0 bridgehead atoms. The lowest BCUT2D eigenvalue weighted by Crippen LogP contribution is -2.04. The molecule has 1 aromatic carbocycles. The number of ether oxygens (including phenoxy) is 1. The normalized spacial score (nSPS) is 10.2. The van der Waals surface area contributed by atoms with E-state index in [-0.39, 0.29) is 11.7 Å². The summed E-state index contributed by atoms with van der Waals surface area (Å²) in [4.78, 5) is 10.9. The molecule has 0 atom stereocenters. The molecule has 0 radical (unpaired) electrons. The van der Waals surface area contributed by atoms with Gasteiger partial charge in [-0.05, 0) is 24.5 Å². The number of esters is 1. The Morgan fingerprint density at radius 1 is 1.29 bits per heavy atom. The van der Waals surface area contributed by atoms with E-state index in [0.29, 0.717) is 5.75 Å². The van der Waals surface area contributed by atoms with E-state index in [1.165, 1.54) is 32.3 Å². The van der Waals surface area contributed by atoms with Gasteiger partial charge in [-0.15, -0.1) is 0 Å². The zero-order valence-corrected chi connectivity index (χ0v) is 10.5. The molecule has 1 aromatic rings. The fraction of sp³-hybridized carbons (Fsp3) is 0.500. The molecule has 0 fully saturated rings. The maximum atomic E-state index is 10.9. The molecule has 0 amide bonds. The molecule has 17 heavy (non-hydrogen) atoms. The van der Waals surface area contributed by atoms with Crippen molar-refractivity contribution < 1.29 is 14.6 Å². The molecule has 0 heterocycles. The van der Waals surface area contributed by atoms with Crippen molar-refractivity contribution >= 4 is 5.97 Å². The molecule has 0 spiro atoms. The number of phenolic OH excluding ortho intramolecular Hbond substituents is 1. The summed E-state index contributed by atoms with van der Waals surface area (Å²) < 4.78 is 5.08. The largest absolute Gasteiger partial charge is 0.508 e. The second-order valence-corrected chi connectivity index (χ2v) is 4.20. The molecule has 0 unspecified atom stereocenters. The van der Waals surface area contributed by atoms with Gasteiger partial charge < -0.3 is 9.84 Å². The van der Waals surface area contributed by atoms with Crippen molar-refractivity contribution in [3.05, 3.63) is 23.8 Å². The van der Waals surface area contributed by atoms with Gasteiger partial charge in [0.2, 0.25) is 0 Å². The molecular formula is C14H20O3. The third-order valence-corrected chi connectivity index (χ3v) is 2.60. The van der Waals surface area contributed by atoms with Crippen molar-refractivity contribution in [2.45, 2.75) is 46.0 Å². The molecule has 0 saturated heterocycles. The van der Waals surface area contributed by atoms with Crippen LogP contribution >= 0.6 is 0 Å². The number of unbranched alkanes of at least 4 members (excludes halogenated alkanes) is 3. The van der Waals surface area contributed by atoms with E-state index in [1.807, 2.05) is 6.07 Å². The number of aryl methyl sites for hydroxylation is 1. The number of phenols is 1. The second kappa shape index (κ2) is 6.94. The van der Waals surface area contributed by atoms with Gasteiger partial charge in [0, 0.05) is 13.0 Å². The molecule has 0 aliphatic rings. The van der Waals surface area contributed by atoms with Crippen molar-refractivity contribution in [1.82, 2.24) is 0 Å². The van der Waals surface area contributed by atoms with Crippen molar-refractivity contribution in [3.63, 3.8) is 0 Å². The number of rotatable bonds is 6. The molecule has 0 aromatic heterocycles. The Morgan fingerprint density at radius 2 is 2.06 bits per heavy atom. The molecule has 1 N–H and O–H groups in total. The quantitative estimate of drug-likeness (QED) is 0.467. The minimum atomic E-state index is -0.356. The van der Waals surface area contributed by atoms with E-state index in [9.17, 15) is 9.90 Å². The summed E-state index contributed by atoms with van der Waals surface area (Å²) in [5.41, 5.74) is 0.981. The summed E-state index contributed by atoms with van der Waals surface area (Å²) in [6.45, 7) is 3.54. The molecule has 3 heteroatoms. The van der Waals surface area contributed by atoms with Crippen LogP contribution in [-0.4, -0.2) is 11.1 Å². The predicted molar refractivity (Wildman–Crippen MR) is 67.3 cm³/mol. The van der Waals surface area contributed by atoms with Gasteiger partial charge in [-0.1, -0.05) is 32.3 Å². The van der Waals surface area contributed by atoms with E-state index in [2.05, 4.69) is 6.92 Å². The van der Waals surface area contributed by atoms with Gasteiger partial charge in [0.05, 0.1) is 0 Å². The summed E-state index contributed by atoms with van der Waals surface area (Å²) in [5, 5.41) is 9.37. The first-order valence-corrected chi connectivity index (χ1v) is 6.13. The number of hydrogen-bond donors (Lipinski definition) is 1. The van der Waals surface area contributed by atoms with Crippen LogP contribution in [0.3, 0.4) is 0 Å². The Hall–Kier alpha value is -1.51. The van der Waals surface area contributed by atoms with Gasteiger partial charge in [-0.3, -0.25) is 4.79 Å². The predicted octanol–water partition coefficient (Wildman–Crippen LogP) is 3.44. The van der Waals surface area contributed by atoms with Crippen molar-refractivity contribution in [2.24, 2.45) is 0 Å². The fourth-order valence-corrected chi connectivity index (χ4v) is 1.74. The Morgan fingerprint density at radius 3 is 2.71 bits per heavy atom. The maximum absolute atomic E-state index is 10.9. The summed E-state index contributed by atoms with van der Waals surface area (Å²) in [5.74, 6) is 0.248. The topological polar surface area (TPSA) is 46.5 Å². The van der Waals surface area contributed by atoms with Crippen LogP contribution in [0.4, 0.5) is 0 Å². The van der Waals surface area contributed by atoms with Crippen LogP contribution in [0.15, 0.2) is 18.2 Å². The van der Waals surface area contributed by atoms with E-state index in [0.717, 1.165) is 18.4 Å². The summed E-state index contributed by atoms with van der Waals surface area (Å²) in [7, 11) is 0. The van der Waals surface area contributed by atoms with E-state index < -0.39 is 0 Å². The Labute approximate surface area is 102 Å². The summed E-state index contributed by atoms with van der Waals surface area (Å²) in [6, 6.07) is 4.94. The van der Waals surface area contributed by atoms with Crippen LogP contribution in [0.25, 0.3) is 0 Å². The number of carbonyl (C=O) groups is 1. The minimum absolute atomic E-state index is 0.124. The number of benzene rings is 1. The molecular weight excluding hydrogens is 216 g/mol. The molecule has 1 rings (SSSR count). The second-order valence-electron chi connectivity index (χ2n) is 4.20. The van der Waals surface area contributed by atoms with Gasteiger partial charge in [0.15, 0.2) is 0 Å². The number of hydrogen-bond acceptors (Lipinski definition) is 3.